The molecule has 1 amide bonds. The first-order valence-electron chi connectivity index (χ1n) is 9.15. The molecule has 0 aliphatic rings. The van der Waals surface area contributed by atoms with Gasteiger partial charge in [0.05, 0.1) is 12.6 Å². The lowest BCUT2D eigenvalue weighted by molar-refractivity contribution is -0.120. The Bertz CT molecular complexity index is 1060. The second kappa shape index (κ2) is 8.27. The maximum atomic E-state index is 12.1. The van der Waals surface area contributed by atoms with E-state index in [1.807, 2.05) is 43.3 Å². The van der Waals surface area contributed by atoms with Gasteiger partial charge < -0.3 is 19.7 Å². The summed E-state index contributed by atoms with van der Waals surface area (Å²) in [5, 5.41) is 12.8. The standard InChI is InChI=1S/C22H24N2O4/c1-14-6-4-5-7-17(14)19-11-22(27)28-20-10-16(8-9-18(19)20)24(3)13-21(26)23-12-15(2)25/h4-11,15,25H,12-13H2,1-3H3,(H,23,26)/t15-/m0/s1. The maximum Gasteiger partial charge on any atom is 0.336 e. The first-order valence-corrected chi connectivity index (χ1v) is 9.15. The Balaban J connectivity index is 1.93. The smallest absolute Gasteiger partial charge is 0.336 e. The van der Waals surface area contributed by atoms with Crippen LogP contribution in [0.15, 0.2) is 57.7 Å². The molecule has 0 bridgehead atoms. The maximum absolute atomic E-state index is 12.1. The third kappa shape index (κ3) is 4.40. The Morgan fingerprint density at radius 2 is 1.93 bits per heavy atom. The first kappa shape index (κ1) is 19.6. The highest BCUT2D eigenvalue weighted by molar-refractivity contribution is 5.95. The van der Waals surface area contributed by atoms with Gasteiger partial charge in [-0.3, -0.25) is 4.79 Å². The highest BCUT2D eigenvalue weighted by atomic mass is 16.4. The number of rotatable bonds is 6. The van der Waals surface area contributed by atoms with Crippen LogP contribution in [-0.4, -0.2) is 37.3 Å². The molecule has 1 aromatic heterocycles. The van der Waals surface area contributed by atoms with Crippen LogP contribution in [0.5, 0.6) is 0 Å². The number of benzene rings is 2. The lowest BCUT2D eigenvalue weighted by Crippen LogP contribution is -2.38. The minimum Gasteiger partial charge on any atom is -0.423 e. The molecule has 0 aliphatic carbocycles. The Morgan fingerprint density at radius 1 is 1.18 bits per heavy atom. The number of aliphatic hydroxyl groups excluding tert-OH is 1. The molecule has 0 unspecified atom stereocenters. The Morgan fingerprint density at radius 3 is 2.64 bits per heavy atom. The summed E-state index contributed by atoms with van der Waals surface area (Å²) in [7, 11) is 1.78. The first-order chi connectivity index (χ1) is 13.3. The normalized spacial score (nSPS) is 12.0. The van der Waals surface area contributed by atoms with E-state index in [0.29, 0.717) is 5.58 Å². The van der Waals surface area contributed by atoms with Crippen LogP contribution in [0, 0.1) is 6.92 Å². The number of carbonyl (C=O) groups excluding carboxylic acids is 1. The van der Waals surface area contributed by atoms with E-state index in [4.69, 9.17) is 4.42 Å². The summed E-state index contributed by atoms with van der Waals surface area (Å²) < 4.78 is 5.42. The molecule has 3 aromatic rings. The monoisotopic (exact) mass is 380 g/mol. The Kier molecular flexibility index (Phi) is 5.80. The fraction of sp³-hybridized carbons (Fsp3) is 0.273. The zero-order valence-electron chi connectivity index (χ0n) is 16.2. The Labute approximate surface area is 163 Å². The van der Waals surface area contributed by atoms with Crippen molar-refractivity contribution in [1.82, 2.24) is 5.32 Å². The van der Waals surface area contributed by atoms with Crippen molar-refractivity contribution in [2.75, 3.05) is 25.0 Å². The molecule has 3 rings (SSSR count). The van der Waals surface area contributed by atoms with Gasteiger partial charge in [0, 0.05) is 42.4 Å². The summed E-state index contributed by atoms with van der Waals surface area (Å²) in [4.78, 5) is 25.9. The van der Waals surface area contributed by atoms with Gasteiger partial charge in [-0.05, 0) is 37.1 Å². The minimum atomic E-state index is -0.593. The van der Waals surface area contributed by atoms with Gasteiger partial charge in [0.1, 0.15) is 5.58 Å². The van der Waals surface area contributed by atoms with E-state index in [1.54, 1.807) is 24.9 Å². The van der Waals surface area contributed by atoms with Gasteiger partial charge in [0.2, 0.25) is 5.91 Å². The highest BCUT2D eigenvalue weighted by Gasteiger charge is 2.13. The van der Waals surface area contributed by atoms with E-state index in [9.17, 15) is 14.7 Å². The molecule has 0 aliphatic heterocycles. The molecule has 6 nitrogen and oxygen atoms in total. The Hall–Kier alpha value is -3.12. The van der Waals surface area contributed by atoms with Gasteiger partial charge in [0.15, 0.2) is 0 Å². The van der Waals surface area contributed by atoms with E-state index >= 15 is 0 Å². The lowest BCUT2D eigenvalue weighted by atomic mass is 9.98. The number of amides is 1. The molecule has 0 spiro atoms. The van der Waals surface area contributed by atoms with E-state index in [-0.39, 0.29) is 19.0 Å². The van der Waals surface area contributed by atoms with Crippen LogP contribution < -0.4 is 15.8 Å². The number of carbonyl (C=O) groups is 1. The second-order valence-corrected chi connectivity index (χ2v) is 6.98. The van der Waals surface area contributed by atoms with Crippen molar-refractivity contribution in [2.24, 2.45) is 0 Å². The van der Waals surface area contributed by atoms with Crippen LogP contribution in [0.25, 0.3) is 22.1 Å². The van der Waals surface area contributed by atoms with Gasteiger partial charge in [-0.1, -0.05) is 24.3 Å². The van der Waals surface area contributed by atoms with Gasteiger partial charge >= 0.3 is 5.63 Å². The number of aryl methyl sites for hydroxylation is 1. The predicted octanol–water partition coefficient (Wildman–Crippen LogP) is 2.70. The number of anilines is 1. The van der Waals surface area contributed by atoms with Crippen LogP contribution in [0.2, 0.25) is 0 Å². The number of nitrogens with zero attached hydrogens (tertiary/aromatic N) is 1. The summed E-state index contributed by atoms with van der Waals surface area (Å²) in [6.45, 7) is 3.95. The number of nitrogens with one attached hydrogen (secondary N) is 1. The largest absolute Gasteiger partial charge is 0.423 e. The van der Waals surface area contributed by atoms with Gasteiger partial charge in [-0.15, -0.1) is 0 Å². The third-order valence-corrected chi connectivity index (χ3v) is 4.58. The molecule has 6 heteroatoms. The third-order valence-electron chi connectivity index (χ3n) is 4.58. The van der Waals surface area contributed by atoms with Gasteiger partial charge in [0.25, 0.3) is 0 Å². The zero-order valence-corrected chi connectivity index (χ0v) is 16.2. The summed E-state index contributed by atoms with van der Waals surface area (Å²) in [5.74, 6) is -0.196. The number of fused-ring (bicyclic) bond motifs is 1. The van der Waals surface area contributed by atoms with Crippen molar-refractivity contribution in [3.8, 4) is 11.1 Å². The fourth-order valence-electron chi connectivity index (χ4n) is 3.11. The predicted molar refractivity (Wildman–Crippen MR) is 111 cm³/mol. The summed E-state index contributed by atoms with van der Waals surface area (Å²) in [6, 6.07) is 15.0. The minimum absolute atomic E-state index is 0.125. The number of hydrogen-bond acceptors (Lipinski definition) is 5. The van der Waals surface area contributed by atoms with Crippen molar-refractivity contribution in [3.05, 3.63) is 64.5 Å². The molecule has 0 saturated carbocycles. The topological polar surface area (TPSA) is 82.8 Å². The number of aliphatic hydroxyl groups is 1. The van der Waals surface area contributed by atoms with Crippen molar-refractivity contribution < 1.29 is 14.3 Å². The van der Waals surface area contributed by atoms with Gasteiger partial charge in [-0.25, -0.2) is 4.79 Å². The highest BCUT2D eigenvalue weighted by Crippen LogP contribution is 2.31. The van der Waals surface area contributed by atoms with Crippen LogP contribution in [0.4, 0.5) is 5.69 Å². The molecule has 28 heavy (non-hydrogen) atoms. The zero-order chi connectivity index (χ0) is 20.3. The molecule has 0 radical (unpaired) electrons. The van der Waals surface area contributed by atoms with Crippen LogP contribution in [-0.2, 0) is 4.79 Å². The molecule has 1 atom stereocenters. The SMILES string of the molecule is Cc1ccccc1-c1cc(=O)oc2cc(N(C)CC(=O)NC[C@H](C)O)ccc12. The molecule has 0 fully saturated rings. The average molecular weight is 380 g/mol. The lowest BCUT2D eigenvalue weighted by Gasteiger charge is -2.19. The molecule has 146 valence electrons. The molecule has 2 N–H and O–H groups in total. The van der Waals surface area contributed by atoms with E-state index in [0.717, 1.165) is 27.8 Å². The van der Waals surface area contributed by atoms with E-state index in [2.05, 4.69) is 5.32 Å². The van der Waals surface area contributed by atoms with Crippen molar-refractivity contribution in [1.29, 1.82) is 0 Å². The van der Waals surface area contributed by atoms with Crippen LogP contribution >= 0.6 is 0 Å². The summed E-state index contributed by atoms with van der Waals surface area (Å²) >= 11 is 0. The van der Waals surface area contributed by atoms with Crippen molar-refractivity contribution in [3.63, 3.8) is 0 Å². The van der Waals surface area contributed by atoms with E-state index in [1.165, 1.54) is 6.07 Å². The van der Waals surface area contributed by atoms with Gasteiger partial charge in [-0.2, -0.15) is 0 Å². The molecular weight excluding hydrogens is 356 g/mol. The summed E-state index contributed by atoms with van der Waals surface area (Å²) in [5.41, 5.74) is 3.70. The van der Waals surface area contributed by atoms with E-state index < -0.39 is 11.7 Å². The fourth-order valence-corrected chi connectivity index (χ4v) is 3.11. The quantitative estimate of drug-likeness (QED) is 0.643. The summed E-state index contributed by atoms with van der Waals surface area (Å²) in [6.07, 6.45) is -0.593. The van der Waals surface area contributed by atoms with Crippen molar-refractivity contribution >= 4 is 22.6 Å². The van der Waals surface area contributed by atoms with Crippen LogP contribution in [0.3, 0.4) is 0 Å². The molecule has 1 heterocycles. The van der Waals surface area contributed by atoms with Crippen molar-refractivity contribution in [2.45, 2.75) is 20.0 Å². The molecule has 0 saturated heterocycles. The average Bonchev–Trinajstić information content (AvgIpc) is 2.65. The number of likely N-dealkylation sites (N-methyl/N-ethyl adjacent to an activating group) is 1. The van der Waals surface area contributed by atoms with Crippen LogP contribution in [0.1, 0.15) is 12.5 Å². The molecular formula is C22H24N2O4. The second-order valence-electron chi connectivity index (χ2n) is 6.98. The number of hydrogen-bond donors (Lipinski definition) is 2. The molecule has 2 aromatic carbocycles.